The molecule has 40 heavy (non-hydrogen) atoms. The lowest BCUT2D eigenvalue weighted by Crippen LogP contribution is -2.34. The van der Waals surface area contributed by atoms with Gasteiger partial charge in [-0.1, -0.05) is 38.9 Å². The Morgan fingerprint density at radius 2 is 1.80 bits per heavy atom. The van der Waals surface area contributed by atoms with Crippen molar-refractivity contribution in [3.8, 4) is 6.07 Å². The summed E-state index contributed by atoms with van der Waals surface area (Å²) in [5.41, 5.74) is -2.67. The number of rotatable bonds is 11. The number of anilines is 1. The summed E-state index contributed by atoms with van der Waals surface area (Å²) in [6.45, 7) is 2.65. The second-order valence-electron chi connectivity index (χ2n) is 7.89. The Hall–Kier alpha value is -3.70. The van der Waals surface area contributed by atoms with Crippen LogP contribution in [0.25, 0.3) is 0 Å². The zero-order chi connectivity index (χ0) is 30.7. The Kier molecular flexibility index (Phi) is 12.5. The van der Waals surface area contributed by atoms with Gasteiger partial charge in [-0.15, -0.1) is 0 Å². The molecule has 0 spiro atoms. The zero-order valence-electron chi connectivity index (χ0n) is 21.9. The Morgan fingerprint density at radius 3 is 2.33 bits per heavy atom. The van der Waals surface area contributed by atoms with E-state index in [0.717, 1.165) is 18.2 Å². The first-order valence-electron chi connectivity index (χ1n) is 11.8. The molecule has 2 aromatic rings. The first-order valence-corrected chi connectivity index (χ1v) is 11.8. The lowest BCUT2D eigenvalue weighted by molar-refractivity contribution is -0.219. The average Bonchev–Trinajstić information content (AvgIpc) is 3.35. The molecule has 6 nitrogen and oxygen atoms in total. The maximum absolute atomic E-state index is 13.3. The fourth-order valence-electron chi connectivity index (χ4n) is 3.07. The Labute approximate surface area is 224 Å². The molecule has 0 N–H and O–H groups in total. The fourth-order valence-corrected chi connectivity index (χ4v) is 3.07. The number of nitrogens with zero attached hydrogens (tertiary/aromatic N) is 4. The normalized spacial score (nSPS) is 13.4. The van der Waals surface area contributed by atoms with Crippen LogP contribution < -0.4 is 4.90 Å². The number of benzene rings is 1. The highest BCUT2D eigenvalue weighted by atomic mass is 19.4. The zero-order valence-corrected chi connectivity index (χ0v) is 21.9. The van der Waals surface area contributed by atoms with E-state index in [0.29, 0.717) is 11.0 Å². The van der Waals surface area contributed by atoms with Gasteiger partial charge in [0.1, 0.15) is 12.3 Å². The molecule has 0 aliphatic rings. The molecule has 222 valence electrons. The van der Waals surface area contributed by atoms with Crippen molar-refractivity contribution in [3.63, 3.8) is 0 Å². The van der Waals surface area contributed by atoms with Gasteiger partial charge in [-0.05, 0) is 36.8 Å². The van der Waals surface area contributed by atoms with Gasteiger partial charge in [-0.25, -0.2) is 4.39 Å². The molecule has 0 bridgehead atoms. The van der Waals surface area contributed by atoms with Crippen molar-refractivity contribution in [2.24, 2.45) is 0 Å². The molecule has 0 fully saturated rings. The minimum atomic E-state index is -4.99. The van der Waals surface area contributed by atoms with Crippen LogP contribution in [-0.2, 0) is 17.5 Å². The molecule has 0 saturated carbocycles. The lowest BCUT2D eigenvalue weighted by Gasteiger charge is -2.25. The summed E-state index contributed by atoms with van der Waals surface area (Å²) in [6.07, 6.45) is -9.91. The van der Waals surface area contributed by atoms with Crippen LogP contribution in [0.1, 0.15) is 62.9 Å². The van der Waals surface area contributed by atoms with E-state index >= 15 is 0 Å². The minimum absolute atomic E-state index is 0.0767. The van der Waals surface area contributed by atoms with Crippen LogP contribution in [0.5, 0.6) is 0 Å². The van der Waals surface area contributed by atoms with Crippen molar-refractivity contribution in [2.75, 3.05) is 18.1 Å². The summed E-state index contributed by atoms with van der Waals surface area (Å²) in [7, 11) is 0. The Balaban J connectivity index is 0.00000391. The highest BCUT2D eigenvalue weighted by Gasteiger charge is 2.36. The van der Waals surface area contributed by atoms with Gasteiger partial charge in [0.05, 0.1) is 23.7 Å². The van der Waals surface area contributed by atoms with E-state index < -0.39 is 61.0 Å². The van der Waals surface area contributed by atoms with Gasteiger partial charge in [0.2, 0.25) is 5.89 Å². The van der Waals surface area contributed by atoms with E-state index in [2.05, 4.69) is 14.9 Å². The second-order valence-corrected chi connectivity index (χ2v) is 7.89. The summed E-state index contributed by atoms with van der Waals surface area (Å²) in [5.74, 6) is -1.54. The second kappa shape index (κ2) is 14.6. The van der Waals surface area contributed by atoms with E-state index in [-0.39, 0.29) is 23.9 Å². The number of alkyl halides is 9. The third-order valence-electron chi connectivity index (χ3n) is 4.76. The van der Waals surface area contributed by atoms with Crippen molar-refractivity contribution in [2.45, 2.75) is 65.0 Å². The van der Waals surface area contributed by atoms with Crippen LogP contribution in [0.15, 0.2) is 46.7 Å². The maximum atomic E-state index is 13.3. The molecule has 0 aliphatic heterocycles. The number of hydrogen-bond donors (Lipinski definition) is 0. The largest absolute Gasteiger partial charge is 0.431 e. The summed E-state index contributed by atoms with van der Waals surface area (Å²) < 4.78 is 128. The number of halogens is 9. The minimum Gasteiger partial charge on any atom is -0.431 e. The average molecular weight is 586 g/mol. The van der Waals surface area contributed by atoms with E-state index in [1.165, 1.54) is 25.1 Å². The fraction of sp³-hybridized carbons (Fsp3) is 0.480. The molecule has 1 aromatic carbocycles. The van der Waals surface area contributed by atoms with Gasteiger partial charge in [0, 0.05) is 11.6 Å². The third-order valence-corrected chi connectivity index (χ3v) is 4.76. The molecule has 0 amide bonds. The number of aromatic nitrogens is 2. The molecule has 0 saturated heterocycles. The Morgan fingerprint density at radius 1 is 1.15 bits per heavy atom. The standard InChI is InChI=1S/C23H21F9N4O2.C2H6/c1-3-4-17(37-22(28,29)12-24)8-5-14(2)20-34-19(38-35-20)11-36(13-21(25,26)27)16-7-6-15(10-33)18(9-16)23(30,31)32;1-2/h4-9,14H,3,11-13H2,1-2H3;1-2H3/b8-5-,17-4+;. The van der Waals surface area contributed by atoms with Crippen molar-refractivity contribution >= 4 is 5.69 Å². The van der Waals surface area contributed by atoms with Crippen LogP contribution >= 0.6 is 0 Å². The first kappa shape index (κ1) is 34.3. The van der Waals surface area contributed by atoms with Crippen molar-refractivity contribution in [1.82, 2.24) is 10.1 Å². The molecule has 1 aromatic heterocycles. The highest BCUT2D eigenvalue weighted by molar-refractivity contribution is 5.55. The van der Waals surface area contributed by atoms with Crippen LogP contribution in [0.2, 0.25) is 0 Å². The molecule has 1 heterocycles. The topological polar surface area (TPSA) is 75.2 Å². The predicted octanol–water partition coefficient (Wildman–Crippen LogP) is 8.09. The van der Waals surface area contributed by atoms with E-state index in [9.17, 15) is 39.5 Å². The number of allylic oxidation sites excluding steroid dienone is 3. The van der Waals surface area contributed by atoms with Crippen molar-refractivity contribution < 1.29 is 48.8 Å². The molecule has 0 radical (unpaired) electrons. The van der Waals surface area contributed by atoms with Gasteiger partial charge in [0.15, 0.2) is 12.5 Å². The first-order chi connectivity index (χ1) is 18.6. The lowest BCUT2D eigenvalue weighted by atomic mass is 10.1. The van der Waals surface area contributed by atoms with Crippen LogP contribution in [0.4, 0.5) is 45.2 Å². The van der Waals surface area contributed by atoms with Gasteiger partial charge in [0.25, 0.3) is 0 Å². The monoisotopic (exact) mass is 586 g/mol. The number of ether oxygens (including phenoxy) is 1. The summed E-state index contributed by atoms with van der Waals surface area (Å²) in [6, 6.07) is 3.44. The summed E-state index contributed by atoms with van der Waals surface area (Å²) in [4.78, 5) is 4.46. The quantitative estimate of drug-likeness (QED) is 0.151. The maximum Gasteiger partial charge on any atom is 0.427 e. The van der Waals surface area contributed by atoms with Crippen molar-refractivity contribution in [3.05, 3.63) is 65.0 Å². The Bertz CT molecular complexity index is 1180. The molecule has 2 rings (SSSR count). The summed E-state index contributed by atoms with van der Waals surface area (Å²) in [5, 5.41) is 12.5. The van der Waals surface area contributed by atoms with Gasteiger partial charge in [-0.3, -0.25) is 0 Å². The highest BCUT2D eigenvalue weighted by Crippen LogP contribution is 2.35. The molecule has 1 unspecified atom stereocenters. The molecule has 1 atom stereocenters. The van der Waals surface area contributed by atoms with Gasteiger partial charge < -0.3 is 14.2 Å². The van der Waals surface area contributed by atoms with Crippen LogP contribution in [0, 0.1) is 11.3 Å². The summed E-state index contributed by atoms with van der Waals surface area (Å²) >= 11 is 0. The van der Waals surface area contributed by atoms with Gasteiger partial charge in [-0.2, -0.15) is 45.4 Å². The number of hydrogen-bond acceptors (Lipinski definition) is 6. The molecule has 0 aliphatic carbocycles. The van der Waals surface area contributed by atoms with E-state index in [4.69, 9.17) is 9.78 Å². The molecular formula is C25H27F9N4O2. The molecule has 15 heteroatoms. The van der Waals surface area contributed by atoms with Crippen molar-refractivity contribution in [1.29, 1.82) is 5.26 Å². The van der Waals surface area contributed by atoms with Crippen LogP contribution in [0.3, 0.4) is 0 Å². The van der Waals surface area contributed by atoms with E-state index in [1.807, 2.05) is 13.8 Å². The molecular weight excluding hydrogens is 559 g/mol. The predicted molar refractivity (Wildman–Crippen MR) is 127 cm³/mol. The third kappa shape index (κ3) is 10.8. The van der Waals surface area contributed by atoms with Gasteiger partial charge >= 0.3 is 18.5 Å². The SMILES string of the molecule is CC.CC/C=C(\C=C/C(C)c1noc(CN(CC(F)(F)F)c2ccc(C#N)c(C(F)(F)F)c2)n1)OC(F)(F)CF. The van der Waals surface area contributed by atoms with Crippen LogP contribution in [-0.4, -0.2) is 35.6 Å². The smallest absolute Gasteiger partial charge is 0.427 e. The number of nitriles is 1. The van der Waals surface area contributed by atoms with E-state index in [1.54, 1.807) is 6.92 Å².